The lowest BCUT2D eigenvalue weighted by molar-refractivity contribution is -0.137. The first-order chi connectivity index (χ1) is 16.6. The number of nitrogens with two attached hydrogens (primary N) is 1. The number of hydrogen-bond donors (Lipinski definition) is 7. The molecule has 36 heavy (non-hydrogen) atoms. The molecule has 1 aliphatic heterocycles. The van der Waals surface area contributed by atoms with Gasteiger partial charge < -0.3 is 40.5 Å². The van der Waals surface area contributed by atoms with Crippen molar-refractivity contribution in [2.24, 2.45) is 0 Å². The van der Waals surface area contributed by atoms with Crippen molar-refractivity contribution in [2.75, 3.05) is 18.9 Å². The maximum absolute atomic E-state index is 12.0. The molecule has 7 unspecified atom stereocenters. The average Bonchev–Trinajstić information content (AvgIpc) is 3.27. The van der Waals surface area contributed by atoms with E-state index in [1.807, 2.05) is 0 Å². The molecule has 0 spiro atoms. The molecule has 3 rings (SSSR count). The second-order valence-corrected chi connectivity index (χ2v) is 11.6. The third-order valence-corrected chi connectivity index (χ3v) is 8.67. The summed E-state index contributed by atoms with van der Waals surface area (Å²) in [5.74, 6) is -1.39. The zero-order valence-electron chi connectivity index (χ0n) is 17.7. The van der Waals surface area contributed by atoms with Crippen LogP contribution >= 0.6 is 23.5 Å². The van der Waals surface area contributed by atoms with Crippen LogP contribution in [0, 0.1) is 0 Å². The molecule has 7 atom stereocenters. The van der Waals surface area contributed by atoms with Crippen LogP contribution in [0.25, 0.3) is 11.2 Å². The van der Waals surface area contributed by atoms with Gasteiger partial charge in [0, 0.05) is 0 Å². The highest BCUT2D eigenvalue weighted by Crippen LogP contribution is 2.67. The molecule has 1 aliphatic rings. The van der Waals surface area contributed by atoms with E-state index in [0.29, 0.717) is 0 Å². The van der Waals surface area contributed by atoms with Gasteiger partial charge in [0.2, 0.25) is 0 Å². The molecule has 0 aromatic carbocycles. The van der Waals surface area contributed by atoms with Gasteiger partial charge in [-0.05, 0) is 0 Å². The van der Waals surface area contributed by atoms with Gasteiger partial charge in [0.1, 0.15) is 30.2 Å². The highest BCUT2D eigenvalue weighted by atomic mass is 31.3. The van der Waals surface area contributed by atoms with Crippen LogP contribution < -0.4 is 5.73 Å². The van der Waals surface area contributed by atoms with Crippen molar-refractivity contribution in [2.45, 2.75) is 31.0 Å². The highest BCUT2D eigenvalue weighted by Gasteiger charge is 2.47. The number of anilines is 1. The first kappa shape index (κ1) is 28.7. The van der Waals surface area contributed by atoms with E-state index in [1.165, 1.54) is 10.9 Å². The molecule has 20 nitrogen and oxygen atoms in total. The maximum atomic E-state index is 12.0. The third-order valence-electron chi connectivity index (χ3n) is 4.38. The molecule has 0 saturated carbocycles. The van der Waals surface area contributed by atoms with Crippen molar-refractivity contribution < 1.29 is 70.9 Å². The van der Waals surface area contributed by atoms with Crippen molar-refractivity contribution in [3.05, 3.63) is 12.7 Å². The van der Waals surface area contributed by atoms with Crippen LogP contribution in [-0.4, -0.2) is 87.0 Å². The molecule has 0 amide bonds. The van der Waals surface area contributed by atoms with E-state index >= 15 is 0 Å². The fourth-order valence-corrected chi connectivity index (χ4v) is 6.40. The van der Waals surface area contributed by atoms with Crippen LogP contribution in [-0.2, 0) is 40.9 Å². The fourth-order valence-electron chi connectivity index (χ4n) is 2.89. The number of aromatic nitrogens is 4. The Morgan fingerprint density at radius 2 is 1.67 bits per heavy atom. The fraction of sp³-hybridized carbons (Fsp3) is 0.538. The normalized spacial score (nSPS) is 27.4. The summed E-state index contributed by atoms with van der Waals surface area (Å²) < 4.78 is 58.4. The summed E-state index contributed by atoms with van der Waals surface area (Å²) in [5.41, 5.74) is 5.99. The summed E-state index contributed by atoms with van der Waals surface area (Å²) in [5, 5.41) is 29.0. The Morgan fingerprint density at radius 1 is 1.03 bits per heavy atom. The summed E-state index contributed by atoms with van der Waals surface area (Å²) in [6.45, 7) is -1.89. The largest absolute Gasteiger partial charge is 0.490 e. The lowest BCUT2D eigenvalue weighted by Gasteiger charge is -2.20. The minimum atomic E-state index is -5.79. The van der Waals surface area contributed by atoms with Gasteiger partial charge in [-0.3, -0.25) is 18.4 Å². The first-order valence-electron chi connectivity index (χ1n) is 9.47. The molecule has 3 heterocycles. The van der Waals surface area contributed by atoms with Gasteiger partial charge in [-0.1, -0.05) is 0 Å². The Kier molecular flexibility index (Phi) is 8.64. The van der Waals surface area contributed by atoms with E-state index < -0.39 is 73.6 Å². The van der Waals surface area contributed by atoms with Gasteiger partial charge in [-0.2, -0.15) is 8.62 Å². The molecular weight excluding hydrogens is 559 g/mol. The predicted molar refractivity (Wildman–Crippen MR) is 111 cm³/mol. The zero-order valence-corrected chi connectivity index (χ0v) is 20.3. The van der Waals surface area contributed by atoms with Crippen molar-refractivity contribution in [3.8, 4) is 0 Å². The number of rotatable bonds is 12. The second kappa shape index (κ2) is 10.8. The Morgan fingerprint density at radius 3 is 2.31 bits per heavy atom. The Balaban J connectivity index is 1.61. The summed E-state index contributed by atoms with van der Waals surface area (Å²) in [7, 11) is -16.7. The molecular formula is C13H20N5O15P3. The van der Waals surface area contributed by atoms with E-state index in [2.05, 4.69) is 32.6 Å². The second-order valence-electron chi connectivity index (χ2n) is 6.97. The topological polar surface area (TPSA) is 305 Å². The van der Waals surface area contributed by atoms with Crippen LogP contribution in [0.1, 0.15) is 12.6 Å². The summed E-state index contributed by atoms with van der Waals surface area (Å²) in [6, 6.07) is 0. The summed E-state index contributed by atoms with van der Waals surface area (Å²) >= 11 is 0. The Labute approximate surface area is 200 Å². The number of phosphoric ester groups is 2. The molecule has 23 heteroatoms. The average molecular weight is 579 g/mol. The number of imidazole rings is 1. The Hall–Kier alpha value is -1.89. The van der Waals surface area contributed by atoms with Crippen molar-refractivity contribution in [1.29, 1.82) is 0 Å². The molecule has 0 radical (unpaired) electrons. The molecule has 1 saturated heterocycles. The smallest absolute Gasteiger partial charge is 0.481 e. The number of carboxylic acids is 1. The van der Waals surface area contributed by atoms with Crippen LogP contribution in [0.15, 0.2) is 12.7 Å². The van der Waals surface area contributed by atoms with Crippen molar-refractivity contribution >= 4 is 46.4 Å². The van der Waals surface area contributed by atoms with Gasteiger partial charge in [-0.15, -0.1) is 0 Å². The minimum absolute atomic E-state index is 0.0281. The summed E-state index contributed by atoms with van der Waals surface area (Å²) in [4.78, 5) is 50.6. The molecule has 1 fully saturated rings. The molecule has 2 aromatic rings. The van der Waals surface area contributed by atoms with Gasteiger partial charge in [0.15, 0.2) is 17.7 Å². The molecule has 2 aromatic heterocycles. The number of ether oxygens (including phenoxy) is 1. The maximum Gasteiger partial charge on any atom is 0.490 e. The number of carbonyl (C=O) groups is 1. The third kappa shape index (κ3) is 7.11. The van der Waals surface area contributed by atoms with Gasteiger partial charge in [-0.25, -0.2) is 28.6 Å². The SMILES string of the molecule is Nc1ncnc2c1ncn2C1OC(COP(=O)(O)OP(=O)(O)OP(=O)(O)OCCC(=O)O)C(O)C1O. The predicted octanol–water partition coefficient (Wildman–Crippen LogP) is -1.13. The van der Waals surface area contributed by atoms with E-state index in [-0.39, 0.29) is 17.0 Å². The Bertz CT molecular complexity index is 1260. The standard InChI is InChI=1S/C13H20N5O15P3/c14-11-8-12(16-4-15-11)18(5-17-8)13-10(22)9(21)6(31-13)3-30-35(25,26)33-36(27,28)32-34(23,24)29-2-1-7(19)20/h4-6,9-10,13,21-22H,1-3H2,(H,19,20)(H,23,24)(H,25,26)(H,27,28)(H2,14,15,16). The van der Waals surface area contributed by atoms with Crippen LogP contribution in [0.2, 0.25) is 0 Å². The molecule has 8 N–H and O–H groups in total. The van der Waals surface area contributed by atoms with Crippen LogP contribution in [0.5, 0.6) is 0 Å². The van der Waals surface area contributed by atoms with Gasteiger partial charge >= 0.3 is 29.4 Å². The number of phosphoric acid groups is 3. The van der Waals surface area contributed by atoms with Gasteiger partial charge in [0.05, 0.1) is 26.0 Å². The summed E-state index contributed by atoms with van der Waals surface area (Å²) in [6.07, 6.45) is -4.60. The van der Waals surface area contributed by atoms with E-state index in [9.17, 15) is 43.4 Å². The van der Waals surface area contributed by atoms with E-state index in [0.717, 1.165) is 6.33 Å². The van der Waals surface area contributed by atoms with Crippen molar-refractivity contribution in [1.82, 2.24) is 19.5 Å². The highest BCUT2D eigenvalue weighted by molar-refractivity contribution is 7.66. The van der Waals surface area contributed by atoms with E-state index in [1.54, 1.807) is 0 Å². The number of carboxylic acid groups (broad SMARTS) is 1. The number of aliphatic carboxylic acids is 1. The first-order valence-corrected chi connectivity index (χ1v) is 14.0. The zero-order chi connectivity index (χ0) is 26.9. The number of aliphatic hydroxyl groups is 2. The number of nitrogen functional groups attached to an aromatic ring is 1. The number of hydrogen-bond acceptors (Lipinski definition) is 15. The monoisotopic (exact) mass is 579 g/mol. The number of fused-ring (bicyclic) bond motifs is 1. The van der Waals surface area contributed by atoms with Crippen LogP contribution in [0.4, 0.5) is 5.82 Å². The van der Waals surface area contributed by atoms with Crippen molar-refractivity contribution in [3.63, 3.8) is 0 Å². The quantitative estimate of drug-likeness (QED) is 0.146. The van der Waals surface area contributed by atoms with Crippen LogP contribution in [0.3, 0.4) is 0 Å². The van der Waals surface area contributed by atoms with Gasteiger partial charge in [0.25, 0.3) is 0 Å². The minimum Gasteiger partial charge on any atom is -0.481 e. The number of nitrogens with zero attached hydrogens (tertiary/aromatic N) is 4. The molecule has 0 aliphatic carbocycles. The lowest BCUT2D eigenvalue weighted by atomic mass is 10.1. The number of aliphatic hydroxyl groups excluding tert-OH is 2. The van der Waals surface area contributed by atoms with E-state index in [4.69, 9.17) is 15.6 Å². The molecule has 202 valence electrons. The lowest BCUT2D eigenvalue weighted by Crippen LogP contribution is -2.33. The molecule has 0 bridgehead atoms.